The molecule has 0 radical (unpaired) electrons. The van der Waals surface area contributed by atoms with Gasteiger partial charge >= 0.3 is 0 Å². The number of halogens is 1. The van der Waals surface area contributed by atoms with Gasteiger partial charge in [0.25, 0.3) is 0 Å². The summed E-state index contributed by atoms with van der Waals surface area (Å²) in [5.74, 6) is 1.17. The lowest BCUT2D eigenvalue weighted by Crippen LogP contribution is -2.09. The minimum Gasteiger partial charge on any atom is -0.370 e. The van der Waals surface area contributed by atoms with Crippen molar-refractivity contribution in [3.8, 4) is 11.4 Å². The second kappa shape index (κ2) is 5.64. The van der Waals surface area contributed by atoms with E-state index in [2.05, 4.69) is 55.4 Å². The Kier molecular flexibility index (Phi) is 4.14. The Labute approximate surface area is 120 Å². The number of hydrogen-bond acceptors (Lipinski definition) is 5. The van der Waals surface area contributed by atoms with Crippen LogP contribution >= 0.6 is 15.9 Å². The maximum absolute atomic E-state index is 4.43. The molecule has 0 spiro atoms. The van der Waals surface area contributed by atoms with Gasteiger partial charge in [0.1, 0.15) is 23.5 Å². The number of rotatable bonds is 4. The number of anilines is 1. The van der Waals surface area contributed by atoms with Crippen LogP contribution in [-0.4, -0.2) is 31.5 Å². The van der Waals surface area contributed by atoms with Crippen LogP contribution < -0.4 is 5.32 Å². The number of aromatic nitrogens is 5. The molecule has 6 nitrogen and oxygen atoms in total. The molecular formula is C12H17BrN6. The molecule has 102 valence electrons. The van der Waals surface area contributed by atoms with Crippen molar-refractivity contribution in [3.05, 3.63) is 16.5 Å². The molecule has 0 aliphatic carbocycles. The van der Waals surface area contributed by atoms with Gasteiger partial charge in [-0.25, -0.2) is 14.6 Å². The van der Waals surface area contributed by atoms with E-state index >= 15 is 0 Å². The molecule has 0 aliphatic heterocycles. The molecule has 7 heteroatoms. The Morgan fingerprint density at radius 1 is 1.37 bits per heavy atom. The van der Waals surface area contributed by atoms with E-state index in [0.29, 0.717) is 10.5 Å². The Hall–Kier alpha value is -1.50. The first-order valence-electron chi connectivity index (χ1n) is 6.20. The zero-order valence-electron chi connectivity index (χ0n) is 11.5. The number of hydrogen-bond donors (Lipinski definition) is 1. The molecule has 0 saturated heterocycles. The molecule has 0 unspecified atom stereocenters. The molecule has 2 aromatic heterocycles. The van der Waals surface area contributed by atoms with Crippen LogP contribution in [0.15, 0.2) is 10.9 Å². The van der Waals surface area contributed by atoms with Crippen molar-refractivity contribution in [1.29, 1.82) is 0 Å². The van der Waals surface area contributed by atoms with Crippen LogP contribution in [0.3, 0.4) is 0 Å². The molecule has 0 saturated carbocycles. The molecule has 1 N–H and O–H groups in total. The van der Waals surface area contributed by atoms with Crippen LogP contribution in [-0.2, 0) is 7.05 Å². The molecule has 19 heavy (non-hydrogen) atoms. The van der Waals surface area contributed by atoms with Gasteiger partial charge < -0.3 is 5.32 Å². The van der Waals surface area contributed by atoms with Crippen molar-refractivity contribution in [3.63, 3.8) is 0 Å². The molecule has 0 aliphatic rings. The standard InChI is InChI=1S/C12H17BrN6/c1-5-14-12-8(7(2)3)9(15-6-16-12)10-11(13)17-18-19(10)4/h6-7H,5H2,1-4H3,(H,14,15,16). The second-order valence-corrected chi connectivity index (χ2v) is 5.27. The lowest BCUT2D eigenvalue weighted by molar-refractivity contribution is 0.716. The fourth-order valence-corrected chi connectivity index (χ4v) is 2.54. The maximum atomic E-state index is 4.43. The largest absolute Gasteiger partial charge is 0.370 e. The summed E-state index contributed by atoms with van der Waals surface area (Å²) in [6.45, 7) is 7.12. The van der Waals surface area contributed by atoms with Crippen molar-refractivity contribution >= 4 is 21.7 Å². The highest BCUT2D eigenvalue weighted by Gasteiger charge is 2.21. The van der Waals surface area contributed by atoms with Crippen LogP contribution in [0, 0.1) is 0 Å². The Morgan fingerprint density at radius 3 is 2.63 bits per heavy atom. The Bertz CT molecular complexity index is 558. The lowest BCUT2D eigenvalue weighted by atomic mass is 10.00. The first-order valence-corrected chi connectivity index (χ1v) is 6.99. The van der Waals surface area contributed by atoms with E-state index in [1.807, 2.05) is 14.0 Å². The van der Waals surface area contributed by atoms with Crippen LogP contribution in [0.2, 0.25) is 0 Å². The third-order valence-electron chi connectivity index (χ3n) is 2.82. The lowest BCUT2D eigenvalue weighted by Gasteiger charge is -2.16. The van der Waals surface area contributed by atoms with E-state index in [1.165, 1.54) is 0 Å². The summed E-state index contributed by atoms with van der Waals surface area (Å²) in [6, 6.07) is 0. The average Bonchev–Trinajstić information content (AvgIpc) is 2.69. The minimum atomic E-state index is 0.298. The molecule has 0 fully saturated rings. The van der Waals surface area contributed by atoms with Crippen LogP contribution in [0.4, 0.5) is 5.82 Å². The van der Waals surface area contributed by atoms with Crippen LogP contribution in [0.25, 0.3) is 11.4 Å². The summed E-state index contributed by atoms with van der Waals surface area (Å²) in [7, 11) is 1.85. The highest BCUT2D eigenvalue weighted by molar-refractivity contribution is 9.10. The monoisotopic (exact) mass is 324 g/mol. The highest BCUT2D eigenvalue weighted by Crippen LogP contribution is 2.34. The van der Waals surface area contributed by atoms with Crippen LogP contribution in [0.5, 0.6) is 0 Å². The van der Waals surface area contributed by atoms with Gasteiger partial charge in [-0.2, -0.15) is 0 Å². The predicted octanol–water partition coefficient (Wildman–Crippen LogP) is 2.59. The smallest absolute Gasteiger partial charge is 0.157 e. The van der Waals surface area contributed by atoms with Gasteiger partial charge in [0.05, 0.1) is 0 Å². The molecule has 2 rings (SSSR count). The first-order chi connectivity index (χ1) is 9.06. The average molecular weight is 325 g/mol. The summed E-state index contributed by atoms with van der Waals surface area (Å²) in [4.78, 5) is 8.76. The van der Waals surface area contributed by atoms with Gasteiger partial charge in [-0.3, -0.25) is 0 Å². The summed E-state index contributed by atoms with van der Waals surface area (Å²) < 4.78 is 2.41. The van der Waals surface area contributed by atoms with Gasteiger partial charge in [0, 0.05) is 19.2 Å². The molecule has 0 atom stereocenters. The normalized spacial score (nSPS) is 11.1. The van der Waals surface area contributed by atoms with Crippen molar-refractivity contribution in [2.45, 2.75) is 26.7 Å². The van der Waals surface area contributed by atoms with E-state index < -0.39 is 0 Å². The molecular weight excluding hydrogens is 308 g/mol. The van der Waals surface area contributed by atoms with E-state index in [4.69, 9.17) is 0 Å². The van der Waals surface area contributed by atoms with Gasteiger partial charge in [-0.1, -0.05) is 19.1 Å². The summed E-state index contributed by atoms with van der Waals surface area (Å²) in [6.07, 6.45) is 1.57. The Balaban J connectivity index is 2.66. The highest BCUT2D eigenvalue weighted by atomic mass is 79.9. The number of nitrogens with zero attached hydrogens (tertiary/aromatic N) is 5. The maximum Gasteiger partial charge on any atom is 0.157 e. The number of nitrogens with one attached hydrogen (secondary N) is 1. The van der Waals surface area contributed by atoms with Crippen LogP contribution in [0.1, 0.15) is 32.3 Å². The van der Waals surface area contributed by atoms with Gasteiger partial charge in [0.2, 0.25) is 0 Å². The van der Waals surface area contributed by atoms with Crippen molar-refractivity contribution in [2.75, 3.05) is 11.9 Å². The second-order valence-electron chi connectivity index (χ2n) is 4.52. The summed E-state index contributed by atoms with van der Waals surface area (Å²) in [5.41, 5.74) is 2.81. The van der Waals surface area contributed by atoms with E-state index in [-0.39, 0.29) is 0 Å². The van der Waals surface area contributed by atoms with Crippen molar-refractivity contribution < 1.29 is 0 Å². The van der Waals surface area contributed by atoms with Gasteiger partial charge in [-0.05, 0) is 28.8 Å². The fraction of sp³-hybridized carbons (Fsp3) is 0.500. The fourth-order valence-electron chi connectivity index (χ4n) is 2.02. The zero-order valence-corrected chi connectivity index (χ0v) is 13.1. The van der Waals surface area contributed by atoms with Gasteiger partial charge in [-0.15, -0.1) is 5.10 Å². The first kappa shape index (κ1) is 13.9. The van der Waals surface area contributed by atoms with Crippen molar-refractivity contribution in [1.82, 2.24) is 25.0 Å². The summed E-state index contributed by atoms with van der Waals surface area (Å²) >= 11 is 3.43. The quantitative estimate of drug-likeness (QED) is 0.936. The SMILES string of the molecule is CCNc1ncnc(-c2c(Br)nnn2C)c1C(C)C. The zero-order chi connectivity index (χ0) is 14.0. The van der Waals surface area contributed by atoms with E-state index in [9.17, 15) is 0 Å². The summed E-state index contributed by atoms with van der Waals surface area (Å²) in [5, 5.41) is 11.3. The van der Waals surface area contributed by atoms with Gasteiger partial charge in [0.15, 0.2) is 4.60 Å². The van der Waals surface area contributed by atoms with E-state index in [0.717, 1.165) is 29.3 Å². The molecule has 0 bridgehead atoms. The minimum absolute atomic E-state index is 0.298. The third-order valence-corrected chi connectivity index (χ3v) is 3.35. The molecule has 2 aromatic rings. The predicted molar refractivity (Wildman–Crippen MR) is 78.0 cm³/mol. The number of aryl methyl sites for hydroxylation is 1. The topological polar surface area (TPSA) is 68.5 Å². The van der Waals surface area contributed by atoms with Crippen molar-refractivity contribution in [2.24, 2.45) is 7.05 Å². The molecule has 0 aromatic carbocycles. The molecule has 2 heterocycles. The Morgan fingerprint density at radius 2 is 2.11 bits per heavy atom. The van der Waals surface area contributed by atoms with E-state index in [1.54, 1.807) is 11.0 Å². The molecule has 0 amide bonds. The third kappa shape index (κ3) is 2.60.